The van der Waals surface area contributed by atoms with Gasteiger partial charge in [0.05, 0.1) is 18.2 Å². The molecule has 5 rings (SSSR count). The van der Waals surface area contributed by atoms with E-state index in [4.69, 9.17) is 14.8 Å². The molecule has 1 amide bonds. The molecule has 0 saturated heterocycles. The fraction of sp³-hybridized carbons (Fsp3) is 0.200. The molecule has 0 saturated carbocycles. The molecule has 0 aliphatic carbocycles. The third-order valence-corrected chi connectivity index (χ3v) is 7.64. The van der Waals surface area contributed by atoms with E-state index in [1.807, 2.05) is 6.92 Å². The van der Waals surface area contributed by atoms with Crippen LogP contribution in [0.25, 0.3) is 0 Å². The Labute approximate surface area is 236 Å². The van der Waals surface area contributed by atoms with Gasteiger partial charge in [-0.3, -0.25) is 4.79 Å². The first kappa shape index (κ1) is 27.0. The van der Waals surface area contributed by atoms with Crippen molar-refractivity contribution in [3.05, 3.63) is 106 Å². The zero-order valence-corrected chi connectivity index (χ0v) is 23.4. The highest BCUT2D eigenvalue weighted by atomic mass is 32.2. The van der Waals surface area contributed by atoms with E-state index in [0.29, 0.717) is 45.1 Å². The molecule has 10 heteroatoms. The van der Waals surface area contributed by atoms with Gasteiger partial charge in [0, 0.05) is 17.1 Å². The molecule has 204 valence electrons. The number of hydrogen-bond acceptors (Lipinski definition) is 7. The van der Waals surface area contributed by atoms with Crippen LogP contribution in [0.3, 0.4) is 0 Å². The van der Waals surface area contributed by atoms with Gasteiger partial charge in [-0.05, 0) is 73.9 Å². The number of rotatable bonds is 8. The van der Waals surface area contributed by atoms with Crippen molar-refractivity contribution in [2.75, 3.05) is 17.7 Å². The summed E-state index contributed by atoms with van der Waals surface area (Å²) in [6, 6.07) is 19.3. The minimum atomic E-state index is -1.02. The second-order valence-corrected chi connectivity index (χ2v) is 10.5. The van der Waals surface area contributed by atoms with Crippen LogP contribution in [0.5, 0.6) is 5.75 Å². The van der Waals surface area contributed by atoms with Gasteiger partial charge in [-0.1, -0.05) is 47.7 Å². The highest BCUT2D eigenvalue weighted by Crippen LogP contribution is 2.37. The van der Waals surface area contributed by atoms with Crippen LogP contribution in [-0.4, -0.2) is 38.9 Å². The first-order chi connectivity index (χ1) is 19.2. The van der Waals surface area contributed by atoms with Crippen LogP contribution in [-0.2, 0) is 10.5 Å². The number of fused-ring (bicyclic) bond motifs is 1. The average molecular weight is 556 g/mol. The Kier molecular flexibility index (Phi) is 7.61. The molecule has 40 heavy (non-hydrogen) atoms. The van der Waals surface area contributed by atoms with E-state index in [0.717, 1.165) is 0 Å². The summed E-state index contributed by atoms with van der Waals surface area (Å²) in [5, 5.41) is 21.0. The van der Waals surface area contributed by atoms with Gasteiger partial charge in [0.25, 0.3) is 5.91 Å². The Morgan fingerprint density at radius 3 is 2.42 bits per heavy atom. The summed E-state index contributed by atoms with van der Waals surface area (Å²) in [5.41, 5.74) is 6.18. The number of carbonyl (C=O) groups excluding carboxylic acids is 1. The van der Waals surface area contributed by atoms with Crippen LogP contribution >= 0.6 is 11.8 Å². The lowest BCUT2D eigenvalue weighted by Crippen LogP contribution is -2.31. The average Bonchev–Trinajstić information content (AvgIpc) is 3.34. The predicted molar refractivity (Wildman–Crippen MR) is 155 cm³/mol. The molecule has 0 bridgehead atoms. The van der Waals surface area contributed by atoms with Crippen LogP contribution in [0.1, 0.15) is 45.6 Å². The number of allylic oxidation sites excluding steroid dienone is 1. The van der Waals surface area contributed by atoms with Gasteiger partial charge < -0.3 is 20.5 Å². The number of benzene rings is 3. The van der Waals surface area contributed by atoms with E-state index in [1.165, 1.54) is 40.6 Å². The van der Waals surface area contributed by atoms with Crippen molar-refractivity contribution in [1.29, 1.82) is 0 Å². The number of amides is 1. The molecule has 3 aromatic carbocycles. The van der Waals surface area contributed by atoms with Crippen molar-refractivity contribution in [1.82, 2.24) is 14.8 Å². The quantitative estimate of drug-likeness (QED) is 0.233. The molecule has 9 nitrogen and oxygen atoms in total. The minimum Gasteiger partial charge on any atom is -0.497 e. The highest BCUT2D eigenvalue weighted by Gasteiger charge is 2.34. The molecule has 1 aliphatic heterocycles. The molecule has 1 aliphatic rings. The number of methoxy groups -OCH3 is 1. The number of carboxylic acids is 1. The molecule has 0 radical (unpaired) electrons. The highest BCUT2D eigenvalue weighted by molar-refractivity contribution is 7.98. The fourth-order valence-electron chi connectivity index (χ4n) is 4.63. The molecule has 4 aromatic rings. The molecule has 0 spiro atoms. The zero-order chi connectivity index (χ0) is 28.4. The van der Waals surface area contributed by atoms with Crippen molar-refractivity contribution < 1.29 is 19.4 Å². The summed E-state index contributed by atoms with van der Waals surface area (Å²) in [5.74, 6) is 0.557. The van der Waals surface area contributed by atoms with E-state index in [1.54, 1.807) is 48.2 Å². The second-order valence-electron chi connectivity index (χ2n) is 9.56. The third kappa shape index (κ3) is 5.57. The zero-order valence-electron chi connectivity index (χ0n) is 22.6. The Bertz CT molecular complexity index is 1610. The van der Waals surface area contributed by atoms with Gasteiger partial charge in [0.15, 0.2) is 0 Å². The Hall–Kier alpha value is -4.57. The first-order valence-electron chi connectivity index (χ1n) is 12.7. The Morgan fingerprint density at radius 1 is 1.05 bits per heavy atom. The SMILES string of the molecule is COc1ccc(NC(=O)C2=C(C)Nc3nc(SCc4ccc(C)cc4C)nn3C2c2ccc(C(=O)O)cc2)cc1. The van der Waals surface area contributed by atoms with Crippen LogP contribution in [0.15, 0.2) is 83.2 Å². The summed E-state index contributed by atoms with van der Waals surface area (Å²) >= 11 is 1.52. The summed E-state index contributed by atoms with van der Waals surface area (Å²) in [6.45, 7) is 5.98. The molecular formula is C30H29N5O4S. The second kappa shape index (κ2) is 11.3. The van der Waals surface area contributed by atoms with Gasteiger partial charge in [0.1, 0.15) is 11.8 Å². The number of thioether (sulfide) groups is 1. The van der Waals surface area contributed by atoms with Crippen molar-refractivity contribution in [2.45, 2.75) is 37.7 Å². The maximum Gasteiger partial charge on any atom is 0.335 e. The van der Waals surface area contributed by atoms with E-state index in [9.17, 15) is 14.7 Å². The number of aryl methyl sites for hydroxylation is 2. The van der Waals surface area contributed by atoms with Crippen LogP contribution < -0.4 is 15.4 Å². The lowest BCUT2D eigenvalue weighted by molar-refractivity contribution is -0.113. The molecule has 1 unspecified atom stereocenters. The number of carbonyl (C=O) groups is 2. The third-order valence-electron chi connectivity index (χ3n) is 6.75. The summed E-state index contributed by atoms with van der Waals surface area (Å²) in [7, 11) is 1.58. The molecule has 1 aromatic heterocycles. The van der Waals surface area contributed by atoms with E-state index >= 15 is 0 Å². The first-order valence-corrected chi connectivity index (χ1v) is 13.6. The van der Waals surface area contributed by atoms with Crippen molar-refractivity contribution in [3.63, 3.8) is 0 Å². The van der Waals surface area contributed by atoms with Gasteiger partial charge >= 0.3 is 5.97 Å². The summed E-state index contributed by atoms with van der Waals surface area (Å²) in [6.07, 6.45) is 0. The topological polar surface area (TPSA) is 118 Å². The van der Waals surface area contributed by atoms with Gasteiger partial charge in [0.2, 0.25) is 11.1 Å². The number of nitrogens with one attached hydrogen (secondary N) is 2. The molecule has 2 heterocycles. The molecule has 3 N–H and O–H groups in total. The monoisotopic (exact) mass is 555 g/mol. The van der Waals surface area contributed by atoms with Crippen LogP contribution in [0.4, 0.5) is 11.6 Å². The Balaban J connectivity index is 1.48. The van der Waals surface area contributed by atoms with Crippen molar-refractivity contribution in [3.8, 4) is 5.75 Å². The number of aromatic nitrogens is 3. The van der Waals surface area contributed by atoms with E-state index in [-0.39, 0.29) is 11.5 Å². The predicted octanol–water partition coefficient (Wildman–Crippen LogP) is 5.82. The van der Waals surface area contributed by atoms with E-state index in [2.05, 4.69) is 42.7 Å². The standard InChI is InChI=1S/C30H29N5O4S/c1-17-5-6-22(18(2)15-17)16-40-30-33-29-31-19(3)25(27(36)32-23-11-13-24(39-4)14-12-23)26(35(29)34-30)20-7-9-21(10-8-20)28(37)38/h5-15,26H,16H2,1-4H3,(H,32,36)(H,37,38)(H,31,33,34). The number of nitrogens with zero attached hydrogens (tertiary/aromatic N) is 3. The molecule has 1 atom stereocenters. The maximum atomic E-state index is 13.7. The number of aromatic carboxylic acids is 1. The fourth-order valence-corrected chi connectivity index (χ4v) is 5.53. The minimum absolute atomic E-state index is 0.158. The smallest absolute Gasteiger partial charge is 0.335 e. The largest absolute Gasteiger partial charge is 0.497 e. The number of hydrogen-bond donors (Lipinski definition) is 3. The van der Waals surface area contributed by atoms with Crippen molar-refractivity contribution >= 4 is 35.3 Å². The van der Waals surface area contributed by atoms with E-state index < -0.39 is 12.0 Å². The summed E-state index contributed by atoms with van der Waals surface area (Å²) in [4.78, 5) is 29.9. The number of carboxylic acid groups (broad SMARTS) is 1. The van der Waals surface area contributed by atoms with Gasteiger partial charge in [-0.2, -0.15) is 4.98 Å². The van der Waals surface area contributed by atoms with Gasteiger partial charge in [-0.15, -0.1) is 5.10 Å². The number of anilines is 2. The normalized spacial score (nSPS) is 14.3. The Morgan fingerprint density at radius 2 is 1.77 bits per heavy atom. The molecular weight excluding hydrogens is 526 g/mol. The lowest BCUT2D eigenvalue weighted by atomic mass is 9.94. The van der Waals surface area contributed by atoms with Gasteiger partial charge in [-0.25, -0.2) is 9.48 Å². The number of ether oxygens (including phenoxy) is 1. The maximum absolute atomic E-state index is 13.7. The lowest BCUT2D eigenvalue weighted by Gasteiger charge is -2.28. The van der Waals surface area contributed by atoms with Crippen molar-refractivity contribution in [2.24, 2.45) is 0 Å². The van der Waals surface area contributed by atoms with Crippen LogP contribution in [0, 0.1) is 13.8 Å². The van der Waals surface area contributed by atoms with Crippen LogP contribution in [0.2, 0.25) is 0 Å². The molecule has 0 fully saturated rings. The summed E-state index contributed by atoms with van der Waals surface area (Å²) < 4.78 is 6.91.